The summed E-state index contributed by atoms with van der Waals surface area (Å²) in [7, 11) is 0. The topological polar surface area (TPSA) is 105 Å². The minimum Gasteiger partial charge on any atom is -0.478 e. The first kappa shape index (κ1) is 19.3. The van der Waals surface area contributed by atoms with Gasteiger partial charge in [0.05, 0.1) is 12.8 Å². The van der Waals surface area contributed by atoms with Gasteiger partial charge < -0.3 is 10.1 Å². The first-order chi connectivity index (χ1) is 13.5. The average Bonchev–Trinajstić information content (AvgIpc) is 3.10. The van der Waals surface area contributed by atoms with E-state index in [-0.39, 0.29) is 5.91 Å². The number of hydrogen-bond acceptors (Lipinski definition) is 6. The number of fused-ring (bicyclic) bond motifs is 1. The van der Waals surface area contributed by atoms with Crippen LogP contribution in [0.4, 0.5) is 0 Å². The summed E-state index contributed by atoms with van der Waals surface area (Å²) in [4.78, 5) is 21.0. The zero-order valence-corrected chi connectivity index (χ0v) is 16.2. The highest BCUT2D eigenvalue weighted by atomic mass is 16.5. The Labute approximate surface area is 163 Å². The lowest BCUT2D eigenvalue weighted by atomic mass is 10.1. The number of amides is 1. The highest BCUT2D eigenvalue weighted by Crippen LogP contribution is 2.18. The predicted molar refractivity (Wildman–Crippen MR) is 103 cm³/mol. The molecule has 144 valence electrons. The van der Waals surface area contributed by atoms with Crippen LogP contribution in [0, 0.1) is 25.2 Å². The molecule has 0 spiro atoms. The molecule has 0 aliphatic carbocycles. The zero-order chi connectivity index (χ0) is 20.1. The lowest BCUT2D eigenvalue weighted by Crippen LogP contribution is -2.24. The molecule has 3 aromatic rings. The van der Waals surface area contributed by atoms with E-state index < -0.39 is 0 Å². The van der Waals surface area contributed by atoms with Crippen molar-refractivity contribution >= 4 is 11.6 Å². The standard InChI is InChI=1S/C20H22N6O2/c1-4-28-20-15(6-5-9-22-20)11-23-18(27)8-7-17-13(2)25-19-16(10-21)12-24-26(19)14(17)3/h5-6,9,12H,4,7-8,11H2,1-3H3,(H,23,27). The molecule has 0 saturated carbocycles. The van der Waals surface area contributed by atoms with E-state index in [0.717, 1.165) is 22.5 Å². The molecule has 0 fully saturated rings. The van der Waals surface area contributed by atoms with Crippen molar-refractivity contribution in [2.75, 3.05) is 6.61 Å². The highest BCUT2D eigenvalue weighted by molar-refractivity contribution is 5.76. The van der Waals surface area contributed by atoms with Gasteiger partial charge >= 0.3 is 0 Å². The van der Waals surface area contributed by atoms with E-state index >= 15 is 0 Å². The summed E-state index contributed by atoms with van der Waals surface area (Å²) in [6.45, 7) is 6.59. The van der Waals surface area contributed by atoms with Crippen LogP contribution < -0.4 is 10.1 Å². The van der Waals surface area contributed by atoms with E-state index in [9.17, 15) is 4.79 Å². The Bertz CT molecular complexity index is 1050. The van der Waals surface area contributed by atoms with Gasteiger partial charge in [-0.15, -0.1) is 0 Å². The Hall–Kier alpha value is -3.47. The minimum absolute atomic E-state index is 0.0663. The summed E-state index contributed by atoms with van der Waals surface area (Å²) >= 11 is 0. The van der Waals surface area contributed by atoms with Gasteiger partial charge in [0.25, 0.3) is 0 Å². The van der Waals surface area contributed by atoms with Crippen molar-refractivity contribution in [2.45, 2.75) is 40.2 Å². The number of nitrogens with one attached hydrogen (secondary N) is 1. The van der Waals surface area contributed by atoms with Gasteiger partial charge in [0, 0.05) is 36.1 Å². The van der Waals surface area contributed by atoms with Gasteiger partial charge in [-0.1, -0.05) is 6.07 Å². The molecule has 0 aliphatic rings. The molecule has 0 radical (unpaired) electrons. The largest absolute Gasteiger partial charge is 0.478 e. The summed E-state index contributed by atoms with van der Waals surface area (Å²) in [5, 5.41) is 16.3. The Morgan fingerprint density at radius 2 is 2.21 bits per heavy atom. The summed E-state index contributed by atoms with van der Waals surface area (Å²) in [5.41, 5.74) is 4.49. The van der Waals surface area contributed by atoms with E-state index in [0.29, 0.717) is 43.1 Å². The molecular weight excluding hydrogens is 356 g/mol. The molecule has 3 heterocycles. The lowest BCUT2D eigenvalue weighted by Gasteiger charge is -2.12. The van der Waals surface area contributed by atoms with E-state index in [1.807, 2.05) is 32.9 Å². The third kappa shape index (κ3) is 3.93. The second kappa shape index (κ2) is 8.48. The van der Waals surface area contributed by atoms with Crippen LogP contribution >= 0.6 is 0 Å². The van der Waals surface area contributed by atoms with Gasteiger partial charge in [-0.05, 0) is 38.8 Å². The van der Waals surface area contributed by atoms with Crippen LogP contribution in [0.2, 0.25) is 0 Å². The molecule has 1 N–H and O–H groups in total. The molecule has 3 aromatic heterocycles. The Morgan fingerprint density at radius 1 is 1.39 bits per heavy atom. The fourth-order valence-corrected chi connectivity index (χ4v) is 3.10. The third-order valence-corrected chi connectivity index (χ3v) is 4.54. The van der Waals surface area contributed by atoms with Crippen LogP contribution in [0.25, 0.3) is 5.65 Å². The van der Waals surface area contributed by atoms with Crippen LogP contribution in [-0.2, 0) is 17.8 Å². The first-order valence-corrected chi connectivity index (χ1v) is 9.12. The monoisotopic (exact) mass is 378 g/mol. The molecule has 0 saturated heterocycles. The van der Waals surface area contributed by atoms with Crippen molar-refractivity contribution in [3.63, 3.8) is 0 Å². The first-order valence-electron chi connectivity index (χ1n) is 9.12. The van der Waals surface area contributed by atoms with E-state index in [2.05, 4.69) is 26.5 Å². The minimum atomic E-state index is -0.0663. The number of nitrogens with zero attached hydrogens (tertiary/aromatic N) is 5. The molecule has 0 unspecified atom stereocenters. The molecule has 0 bridgehead atoms. The van der Waals surface area contributed by atoms with Gasteiger partial charge in [0.15, 0.2) is 5.65 Å². The number of hydrogen-bond donors (Lipinski definition) is 1. The number of ether oxygens (including phenoxy) is 1. The molecule has 0 aromatic carbocycles. The maximum Gasteiger partial charge on any atom is 0.220 e. The van der Waals surface area contributed by atoms with Gasteiger partial charge in [-0.2, -0.15) is 10.4 Å². The molecule has 8 nitrogen and oxygen atoms in total. The van der Waals surface area contributed by atoms with Gasteiger partial charge in [-0.25, -0.2) is 14.5 Å². The fourth-order valence-electron chi connectivity index (χ4n) is 3.10. The maximum absolute atomic E-state index is 12.3. The van der Waals surface area contributed by atoms with Crippen LogP contribution in [0.15, 0.2) is 24.5 Å². The van der Waals surface area contributed by atoms with Crippen molar-refractivity contribution in [3.05, 3.63) is 52.6 Å². The van der Waals surface area contributed by atoms with Crippen molar-refractivity contribution in [1.29, 1.82) is 5.26 Å². The number of aromatic nitrogens is 4. The normalized spacial score (nSPS) is 10.6. The number of carbonyl (C=O) groups excluding carboxylic acids is 1. The SMILES string of the molecule is CCOc1ncccc1CNC(=O)CCc1c(C)nc2c(C#N)cnn2c1C. The third-order valence-electron chi connectivity index (χ3n) is 4.54. The van der Waals surface area contributed by atoms with Crippen LogP contribution in [0.1, 0.15) is 41.4 Å². The number of nitriles is 1. The maximum atomic E-state index is 12.3. The van der Waals surface area contributed by atoms with Gasteiger partial charge in [-0.3, -0.25) is 4.79 Å². The number of rotatable bonds is 7. The quantitative estimate of drug-likeness (QED) is 0.676. The van der Waals surface area contributed by atoms with Crippen LogP contribution in [0.5, 0.6) is 5.88 Å². The Morgan fingerprint density at radius 3 is 2.96 bits per heavy atom. The summed E-state index contributed by atoms with van der Waals surface area (Å²) in [6.07, 6.45) is 4.04. The molecule has 3 rings (SSSR count). The van der Waals surface area contributed by atoms with Crippen molar-refractivity contribution < 1.29 is 9.53 Å². The second-order valence-electron chi connectivity index (χ2n) is 6.34. The number of carbonyl (C=O) groups is 1. The fraction of sp³-hybridized carbons (Fsp3) is 0.350. The summed E-state index contributed by atoms with van der Waals surface area (Å²) in [6, 6.07) is 5.80. The van der Waals surface area contributed by atoms with Crippen LogP contribution in [0.3, 0.4) is 0 Å². The second-order valence-corrected chi connectivity index (χ2v) is 6.34. The van der Waals surface area contributed by atoms with Gasteiger partial charge in [0.1, 0.15) is 11.6 Å². The smallest absolute Gasteiger partial charge is 0.220 e. The van der Waals surface area contributed by atoms with E-state index in [1.54, 1.807) is 10.7 Å². The highest BCUT2D eigenvalue weighted by Gasteiger charge is 2.15. The summed E-state index contributed by atoms with van der Waals surface area (Å²) in [5.74, 6) is 0.474. The van der Waals surface area contributed by atoms with Crippen molar-refractivity contribution in [2.24, 2.45) is 0 Å². The molecule has 0 aliphatic heterocycles. The van der Waals surface area contributed by atoms with Crippen molar-refractivity contribution in [3.8, 4) is 11.9 Å². The molecule has 8 heteroatoms. The van der Waals surface area contributed by atoms with Gasteiger partial charge in [0.2, 0.25) is 11.8 Å². The lowest BCUT2D eigenvalue weighted by molar-refractivity contribution is -0.121. The zero-order valence-electron chi connectivity index (χ0n) is 16.2. The van der Waals surface area contributed by atoms with Crippen LogP contribution in [-0.4, -0.2) is 32.1 Å². The van der Waals surface area contributed by atoms with Crippen molar-refractivity contribution in [1.82, 2.24) is 24.9 Å². The van der Waals surface area contributed by atoms with E-state index in [4.69, 9.17) is 10.00 Å². The molecular formula is C20H22N6O2. The Kier molecular flexibility index (Phi) is 5.84. The predicted octanol–water partition coefficient (Wildman–Crippen LogP) is 2.26. The Balaban J connectivity index is 1.66. The number of aryl methyl sites for hydroxylation is 2. The molecule has 0 atom stereocenters. The summed E-state index contributed by atoms with van der Waals surface area (Å²) < 4.78 is 7.13. The number of pyridine rings is 1. The molecule has 1 amide bonds. The van der Waals surface area contributed by atoms with E-state index in [1.165, 1.54) is 6.20 Å². The molecule has 28 heavy (non-hydrogen) atoms. The average molecular weight is 378 g/mol.